The summed E-state index contributed by atoms with van der Waals surface area (Å²) in [4.78, 5) is 16.8. The zero-order chi connectivity index (χ0) is 23.4. The molecule has 33 heavy (non-hydrogen) atoms. The normalized spacial score (nSPS) is 17.0. The number of amides is 1. The second kappa shape index (κ2) is 9.72. The molecular formula is C23H25FN4O4S. The van der Waals surface area contributed by atoms with Gasteiger partial charge in [-0.3, -0.25) is 4.79 Å². The molecule has 1 aliphatic rings. The number of methoxy groups -OCH3 is 1. The number of nitrogens with one attached hydrogen (secondary N) is 1. The van der Waals surface area contributed by atoms with Gasteiger partial charge in [0.2, 0.25) is 15.9 Å². The van der Waals surface area contributed by atoms with Crippen molar-refractivity contribution in [2.45, 2.75) is 24.3 Å². The number of piperidine rings is 1. The van der Waals surface area contributed by atoms with E-state index >= 15 is 0 Å². The van der Waals surface area contributed by atoms with Crippen LogP contribution in [0.3, 0.4) is 0 Å². The third kappa shape index (κ3) is 5.07. The number of aromatic nitrogens is 2. The minimum atomic E-state index is -3.71. The van der Waals surface area contributed by atoms with Gasteiger partial charge in [0.25, 0.3) is 0 Å². The fourth-order valence-corrected chi connectivity index (χ4v) is 5.40. The molecule has 0 bridgehead atoms. The molecule has 0 aliphatic carbocycles. The fourth-order valence-electron chi connectivity index (χ4n) is 3.88. The lowest BCUT2D eigenvalue weighted by Crippen LogP contribution is -2.45. The Morgan fingerprint density at radius 3 is 2.70 bits per heavy atom. The van der Waals surface area contributed by atoms with Crippen molar-refractivity contribution in [2.75, 3.05) is 20.2 Å². The molecule has 3 aromatic rings. The number of sulfonamides is 1. The van der Waals surface area contributed by atoms with E-state index in [0.717, 1.165) is 0 Å². The van der Waals surface area contributed by atoms with E-state index in [1.165, 1.54) is 35.9 Å². The van der Waals surface area contributed by atoms with E-state index in [4.69, 9.17) is 4.74 Å². The number of benzene rings is 2. The van der Waals surface area contributed by atoms with Crippen LogP contribution in [0.25, 0.3) is 5.69 Å². The Morgan fingerprint density at radius 1 is 1.24 bits per heavy atom. The smallest absolute Gasteiger partial charge is 0.243 e. The highest BCUT2D eigenvalue weighted by molar-refractivity contribution is 7.89. The molecule has 174 valence electrons. The van der Waals surface area contributed by atoms with Crippen molar-refractivity contribution in [1.29, 1.82) is 0 Å². The molecule has 2 aromatic carbocycles. The molecule has 1 fully saturated rings. The van der Waals surface area contributed by atoms with Gasteiger partial charge in [0.1, 0.15) is 11.6 Å². The van der Waals surface area contributed by atoms with Gasteiger partial charge in [0.05, 0.1) is 29.9 Å². The number of imidazole rings is 1. The van der Waals surface area contributed by atoms with Gasteiger partial charge in [-0.15, -0.1) is 0 Å². The summed E-state index contributed by atoms with van der Waals surface area (Å²) in [5, 5.41) is 2.81. The molecule has 1 saturated heterocycles. The molecular weight excluding hydrogens is 447 g/mol. The van der Waals surface area contributed by atoms with Gasteiger partial charge < -0.3 is 14.6 Å². The van der Waals surface area contributed by atoms with Crippen molar-refractivity contribution in [3.05, 3.63) is 72.6 Å². The van der Waals surface area contributed by atoms with Crippen molar-refractivity contribution < 1.29 is 22.3 Å². The molecule has 0 radical (unpaired) electrons. The Hall–Kier alpha value is -3.24. The van der Waals surface area contributed by atoms with E-state index in [1.807, 2.05) is 0 Å². The standard InChI is InChI=1S/C23H25FN4O4S/c1-32-19-5-7-20(8-6-19)33(30,31)28-11-2-3-18(15-28)23(29)26-14-17-4-9-22(21(24)13-17)27-12-10-25-16-27/h4-10,12-13,16,18H,2-3,11,14-15H2,1H3,(H,26,29). The van der Waals surface area contributed by atoms with Crippen molar-refractivity contribution in [3.8, 4) is 11.4 Å². The third-order valence-corrected chi connectivity index (χ3v) is 7.59. The molecule has 1 aliphatic heterocycles. The second-order valence-electron chi connectivity index (χ2n) is 7.85. The molecule has 1 N–H and O–H groups in total. The van der Waals surface area contributed by atoms with Gasteiger partial charge in [0, 0.05) is 32.0 Å². The van der Waals surface area contributed by atoms with E-state index in [9.17, 15) is 17.6 Å². The van der Waals surface area contributed by atoms with E-state index in [2.05, 4.69) is 10.3 Å². The van der Waals surface area contributed by atoms with Gasteiger partial charge >= 0.3 is 0 Å². The van der Waals surface area contributed by atoms with Crippen LogP contribution in [0.5, 0.6) is 5.75 Å². The van der Waals surface area contributed by atoms with Gasteiger partial charge in [-0.1, -0.05) is 6.07 Å². The van der Waals surface area contributed by atoms with Crippen LogP contribution >= 0.6 is 0 Å². The van der Waals surface area contributed by atoms with Crippen LogP contribution in [0.4, 0.5) is 4.39 Å². The summed E-state index contributed by atoms with van der Waals surface area (Å²) < 4.78 is 48.5. The van der Waals surface area contributed by atoms with Crippen molar-refractivity contribution in [2.24, 2.45) is 5.92 Å². The van der Waals surface area contributed by atoms with Crippen LogP contribution in [0.2, 0.25) is 0 Å². The molecule has 1 aromatic heterocycles. The summed E-state index contributed by atoms with van der Waals surface area (Å²) >= 11 is 0. The average Bonchev–Trinajstić information content (AvgIpc) is 3.37. The van der Waals surface area contributed by atoms with E-state index in [1.54, 1.807) is 41.2 Å². The summed E-state index contributed by atoms with van der Waals surface area (Å²) in [6.07, 6.45) is 5.90. The highest BCUT2D eigenvalue weighted by atomic mass is 32.2. The van der Waals surface area contributed by atoms with Gasteiger partial charge in [0.15, 0.2) is 0 Å². The number of rotatable bonds is 7. The van der Waals surface area contributed by atoms with Crippen LogP contribution in [0, 0.1) is 11.7 Å². The number of hydrogen-bond donors (Lipinski definition) is 1. The fraction of sp³-hybridized carbons (Fsp3) is 0.304. The number of nitrogens with zero attached hydrogens (tertiary/aromatic N) is 3. The number of halogens is 1. The Balaban J connectivity index is 1.38. The van der Waals surface area contributed by atoms with Crippen LogP contribution in [-0.4, -0.2) is 48.4 Å². The van der Waals surface area contributed by atoms with E-state index < -0.39 is 21.8 Å². The molecule has 1 amide bonds. The SMILES string of the molecule is COc1ccc(S(=O)(=O)N2CCCC(C(=O)NCc3ccc(-n4ccnc4)c(F)c3)C2)cc1. The zero-order valence-corrected chi connectivity index (χ0v) is 19.0. The zero-order valence-electron chi connectivity index (χ0n) is 18.1. The van der Waals surface area contributed by atoms with Gasteiger partial charge in [-0.25, -0.2) is 17.8 Å². The van der Waals surface area contributed by atoms with Crippen LogP contribution in [-0.2, 0) is 21.4 Å². The second-order valence-corrected chi connectivity index (χ2v) is 9.79. The first kappa shape index (κ1) is 22.9. The van der Waals surface area contributed by atoms with Gasteiger partial charge in [-0.05, 0) is 54.8 Å². The Bertz CT molecular complexity index is 1210. The quantitative estimate of drug-likeness (QED) is 0.571. The largest absolute Gasteiger partial charge is 0.497 e. The lowest BCUT2D eigenvalue weighted by molar-refractivity contribution is -0.126. The van der Waals surface area contributed by atoms with Crippen molar-refractivity contribution in [1.82, 2.24) is 19.2 Å². The first-order valence-corrected chi connectivity index (χ1v) is 12.0. The van der Waals surface area contributed by atoms with Crippen LogP contribution < -0.4 is 10.1 Å². The maximum absolute atomic E-state index is 14.4. The first-order chi connectivity index (χ1) is 15.9. The third-order valence-electron chi connectivity index (χ3n) is 5.71. The maximum atomic E-state index is 14.4. The highest BCUT2D eigenvalue weighted by Crippen LogP contribution is 2.25. The van der Waals surface area contributed by atoms with Crippen molar-refractivity contribution in [3.63, 3.8) is 0 Å². The molecule has 1 unspecified atom stereocenters. The molecule has 1 atom stereocenters. The monoisotopic (exact) mass is 472 g/mol. The van der Waals surface area contributed by atoms with Gasteiger partial charge in [-0.2, -0.15) is 4.31 Å². The summed E-state index contributed by atoms with van der Waals surface area (Å²) in [5.41, 5.74) is 0.984. The molecule has 0 spiro atoms. The Labute approximate surface area is 192 Å². The maximum Gasteiger partial charge on any atom is 0.243 e. The minimum Gasteiger partial charge on any atom is -0.497 e. The topological polar surface area (TPSA) is 93.5 Å². The predicted octanol–water partition coefficient (Wildman–Crippen LogP) is 2.74. The summed E-state index contributed by atoms with van der Waals surface area (Å²) in [6.45, 7) is 0.620. The average molecular weight is 473 g/mol. The lowest BCUT2D eigenvalue weighted by Gasteiger charge is -2.31. The van der Waals surface area contributed by atoms with E-state index in [-0.39, 0.29) is 23.9 Å². The van der Waals surface area contributed by atoms with Crippen LogP contribution in [0.1, 0.15) is 18.4 Å². The number of ether oxygens (including phenoxy) is 1. The molecule has 2 heterocycles. The Morgan fingerprint density at radius 2 is 2.03 bits per heavy atom. The lowest BCUT2D eigenvalue weighted by atomic mass is 9.98. The summed E-state index contributed by atoms with van der Waals surface area (Å²) in [7, 11) is -2.20. The number of hydrogen-bond acceptors (Lipinski definition) is 5. The first-order valence-electron chi connectivity index (χ1n) is 10.6. The molecule has 10 heteroatoms. The minimum absolute atomic E-state index is 0.105. The highest BCUT2D eigenvalue weighted by Gasteiger charge is 2.33. The summed E-state index contributed by atoms with van der Waals surface area (Å²) in [6, 6.07) is 10.9. The predicted molar refractivity (Wildman–Crippen MR) is 120 cm³/mol. The molecule has 8 nitrogen and oxygen atoms in total. The molecule has 0 saturated carbocycles. The molecule has 4 rings (SSSR count). The van der Waals surface area contributed by atoms with Crippen molar-refractivity contribution >= 4 is 15.9 Å². The number of carbonyl (C=O) groups excluding carboxylic acids is 1. The Kier molecular flexibility index (Phi) is 6.75. The summed E-state index contributed by atoms with van der Waals surface area (Å²) in [5.74, 6) is -0.570. The van der Waals surface area contributed by atoms with Crippen LogP contribution in [0.15, 0.2) is 66.1 Å². The number of carbonyl (C=O) groups is 1. The van der Waals surface area contributed by atoms with E-state index in [0.29, 0.717) is 36.4 Å².